The van der Waals surface area contributed by atoms with Crippen molar-refractivity contribution in [3.05, 3.63) is 212 Å². The van der Waals surface area contributed by atoms with Gasteiger partial charge >= 0.3 is 0 Å². The number of fused-ring (bicyclic) bond motifs is 5. The van der Waals surface area contributed by atoms with Crippen LogP contribution in [0.3, 0.4) is 0 Å². The summed E-state index contributed by atoms with van der Waals surface area (Å²) >= 11 is 0. The molecule has 0 N–H and O–H groups in total. The highest BCUT2D eigenvalue weighted by molar-refractivity contribution is 6.08. The molecular formula is C54H35N3O. The van der Waals surface area contributed by atoms with Gasteiger partial charge in [-0.15, -0.1) is 0 Å². The predicted octanol–water partition coefficient (Wildman–Crippen LogP) is 14.8. The van der Waals surface area contributed by atoms with Crippen LogP contribution in [0.25, 0.3) is 88.5 Å². The number of rotatable bonds is 7. The molecule has 0 amide bonds. The second kappa shape index (κ2) is 14.0. The Morgan fingerprint density at radius 3 is 1.57 bits per heavy atom. The SMILES string of the molecule is c1ccc(-c2cccc(-c3nc4ccccc4nc3-c3ccc4oc5cc(-c6ccc7cc(N(c8ccccc8)c8ccccc8)ccc7c6)ccc5c4c3)c2)cc1. The summed E-state index contributed by atoms with van der Waals surface area (Å²) < 4.78 is 6.53. The minimum Gasteiger partial charge on any atom is -0.456 e. The molecule has 2 heterocycles. The van der Waals surface area contributed by atoms with Crippen LogP contribution in [0.5, 0.6) is 0 Å². The zero-order valence-corrected chi connectivity index (χ0v) is 31.5. The van der Waals surface area contributed by atoms with E-state index in [1.165, 1.54) is 10.8 Å². The molecule has 4 nitrogen and oxygen atoms in total. The summed E-state index contributed by atoms with van der Waals surface area (Å²) in [5.41, 5.74) is 15.0. The Morgan fingerprint density at radius 2 is 0.845 bits per heavy atom. The molecule has 2 aromatic heterocycles. The van der Waals surface area contributed by atoms with Crippen molar-refractivity contribution in [2.45, 2.75) is 0 Å². The molecule has 0 bridgehead atoms. The molecule has 11 aromatic rings. The van der Waals surface area contributed by atoms with Crippen LogP contribution in [0.2, 0.25) is 0 Å². The van der Waals surface area contributed by atoms with Gasteiger partial charge in [-0.25, -0.2) is 9.97 Å². The molecule has 0 saturated carbocycles. The van der Waals surface area contributed by atoms with E-state index in [9.17, 15) is 0 Å². The van der Waals surface area contributed by atoms with Gasteiger partial charge in [0, 0.05) is 39.0 Å². The Morgan fingerprint density at radius 1 is 0.310 bits per heavy atom. The van der Waals surface area contributed by atoms with E-state index < -0.39 is 0 Å². The molecule has 9 aromatic carbocycles. The van der Waals surface area contributed by atoms with Crippen molar-refractivity contribution < 1.29 is 4.42 Å². The van der Waals surface area contributed by atoms with Crippen LogP contribution >= 0.6 is 0 Å². The van der Waals surface area contributed by atoms with Gasteiger partial charge in [0.2, 0.25) is 0 Å². The average molecular weight is 742 g/mol. The molecule has 0 unspecified atom stereocenters. The van der Waals surface area contributed by atoms with Gasteiger partial charge in [0.1, 0.15) is 11.2 Å². The minimum atomic E-state index is 0.838. The van der Waals surface area contributed by atoms with Gasteiger partial charge in [0.25, 0.3) is 0 Å². The first kappa shape index (κ1) is 33.5. The Labute approximate surface area is 335 Å². The second-order valence-corrected chi connectivity index (χ2v) is 14.6. The molecular weight excluding hydrogens is 707 g/mol. The second-order valence-electron chi connectivity index (χ2n) is 14.6. The molecule has 0 radical (unpaired) electrons. The van der Waals surface area contributed by atoms with Gasteiger partial charge in [-0.1, -0.05) is 121 Å². The lowest BCUT2D eigenvalue weighted by molar-refractivity contribution is 0.669. The summed E-state index contributed by atoms with van der Waals surface area (Å²) in [6.45, 7) is 0. The number of aromatic nitrogens is 2. The van der Waals surface area contributed by atoms with E-state index in [0.717, 1.165) is 94.8 Å². The number of nitrogens with zero attached hydrogens (tertiary/aromatic N) is 3. The van der Waals surface area contributed by atoms with Gasteiger partial charge in [0.05, 0.1) is 22.4 Å². The number of benzene rings is 9. The van der Waals surface area contributed by atoms with Crippen molar-refractivity contribution in [1.82, 2.24) is 9.97 Å². The highest BCUT2D eigenvalue weighted by Gasteiger charge is 2.18. The zero-order chi connectivity index (χ0) is 38.4. The number of hydrogen-bond donors (Lipinski definition) is 0. The molecule has 0 aliphatic heterocycles. The van der Waals surface area contributed by atoms with Crippen molar-refractivity contribution in [3.63, 3.8) is 0 Å². The smallest absolute Gasteiger partial charge is 0.136 e. The lowest BCUT2D eigenvalue weighted by atomic mass is 9.97. The van der Waals surface area contributed by atoms with Crippen molar-refractivity contribution in [2.75, 3.05) is 4.90 Å². The molecule has 0 aliphatic carbocycles. The van der Waals surface area contributed by atoms with E-state index in [4.69, 9.17) is 14.4 Å². The predicted molar refractivity (Wildman–Crippen MR) is 241 cm³/mol. The highest BCUT2D eigenvalue weighted by atomic mass is 16.3. The number of furan rings is 1. The zero-order valence-electron chi connectivity index (χ0n) is 31.5. The number of hydrogen-bond acceptors (Lipinski definition) is 4. The Bertz CT molecular complexity index is 3240. The van der Waals surface area contributed by atoms with Gasteiger partial charge < -0.3 is 9.32 Å². The third-order valence-corrected chi connectivity index (χ3v) is 11.0. The topological polar surface area (TPSA) is 42.2 Å². The standard InChI is InChI=1S/C54H35N3O/c1-4-13-36(14-5-1)37-15-12-16-42(32-37)53-54(56-50-22-11-10-21-49(50)55-53)43-27-30-51-48(34-43)47-29-26-41(35-52(47)58-51)38-23-24-40-33-46(28-25-39(40)31-38)57(44-17-6-2-7-18-44)45-19-8-3-9-20-45/h1-35H. The summed E-state index contributed by atoms with van der Waals surface area (Å²) in [5.74, 6) is 0. The maximum atomic E-state index is 6.53. The van der Waals surface area contributed by atoms with Crippen LogP contribution in [-0.2, 0) is 0 Å². The fraction of sp³-hybridized carbons (Fsp3) is 0. The summed E-state index contributed by atoms with van der Waals surface area (Å²) in [6, 6.07) is 74.4. The summed E-state index contributed by atoms with van der Waals surface area (Å²) in [6.07, 6.45) is 0. The fourth-order valence-electron chi connectivity index (χ4n) is 8.14. The Balaban J connectivity index is 0.960. The van der Waals surface area contributed by atoms with Crippen LogP contribution in [0.15, 0.2) is 217 Å². The molecule has 0 aliphatic rings. The van der Waals surface area contributed by atoms with E-state index >= 15 is 0 Å². The quantitative estimate of drug-likeness (QED) is 0.163. The van der Waals surface area contributed by atoms with Crippen molar-refractivity contribution >= 4 is 60.8 Å². The monoisotopic (exact) mass is 741 g/mol. The lowest BCUT2D eigenvalue weighted by Crippen LogP contribution is -2.09. The molecule has 0 fully saturated rings. The van der Waals surface area contributed by atoms with E-state index in [-0.39, 0.29) is 0 Å². The molecule has 4 heteroatoms. The maximum Gasteiger partial charge on any atom is 0.136 e. The summed E-state index contributed by atoms with van der Waals surface area (Å²) in [7, 11) is 0. The van der Waals surface area contributed by atoms with Crippen molar-refractivity contribution in [1.29, 1.82) is 0 Å². The normalized spacial score (nSPS) is 11.4. The van der Waals surface area contributed by atoms with E-state index in [1.807, 2.05) is 30.3 Å². The van der Waals surface area contributed by atoms with E-state index in [0.29, 0.717) is 0 Å². The van der Waals surface area contributed by atoms with E-state index in [2.05, 4.69) is 187 Å². The molecule has 11 rings (SSSR count). The number of para-hydroxylation sites is 4. The van der Waals surface area contributed by atoms with Gasteiger partial charge in [0.15, 0.2) is 0 Å². The van der Waals surface area contributed by atoms with Gasteiger partial charge in [-0.05, 0) is 124 Å². The minimum absolute atomic E-state index is 0.838. The van der Waals surface area contributed by atoms with Crippen LogP contribution in [-0.4, -0.2) is 9.97 Å². The molecule has 272 valence electrons. The Kier molecular flexibility index (Phi) is 8.11. The molecule has 0 atom stereocenters. The van der Waals surface area contributed by atoms with E-state index in [1.54, 1.807) is 0 Å². The molecule has 0 spiro atoms. The Hall–Kier alpha value is -7.82. The van der Waals surface area contributed by atoms with Crippen LogP contribution in [0.4, 0.5) is 17.1 Å². The first-order chi connectivity index (χ1) is 28.7. The first-order valence-electron chi connectivity index (χ1n) is 19.6. The highest BCUT2D eigenvalue weighted by Crippen LogP contribution is 2.40. The van der Waals surface area contributed by atoms with Gasteiger partial charge in [-0.3, -0.25) is 0 Å². The van der Waals surface area contributed by atoms with Crippen LogP contribution in [0.1, 0.15) is 0 Å². The average Bonchev–Trinajstić information content (AvgIpc) is 3.67. The first-order valence-corrected chi connectivity index (χ1v) is 19.6. The van der Waals surface area contributed by atoms with Crippen LogP contribution in [0, 0.1) is 0 Å². The molecule has 58 heavy (non-hydrogen) atoms. The van der Waals surface area contributed by atoms with Crippen LogP contribution < -0.4 is 4.90 Å². The summed E-state index contributed by atoms with van der Waals surface area (Å²) in [4.78, 5) is 12.7. The number of anilines is 3. The third kappa shape index (κ3) is 6.05. The molecule has 0 saturated heterocycles. The lowest BCUT2D eigenvalue weighted by Gasteiger charge is -2.25. The largest absolute Gasteiger partial charge is 0.456 e. The third-order valence-electron chi connectivity index (χ3n) is 11.0. The summed E-state index contributed by atoms with van der Waals surface area (Å²) in [5, 5.41) is 4.47. The maximum absolute atomic E-state index is 6.53. The van der Waals surface area contributed by atoms with Crippen molar-refractivity contribution in [3.8, 4) is 44.8 Å². The fourth-order valence-corrected chi connectivity index (χ4v) is 8.14. The van der Waals surface area contributed by atoms with Crippen molar-refractivity contribution in [2.24, 2.45) is 0 Å². The van der Waals surface area contributed by atoms with Gasteiger partial charge in [-0.2, -0.15) is 0 Å².